The number of halogens is 3. The average Bonchev–Trinajstić information content (AvgIpc) is 2.51. The van der Waals surface area contributed by atoms with Gasteiger partial charge in [0.05, 0.1) is 0 Å². The maximum Gasteiger partial charge on any atom is 0.264 e. The topological polar surface area (TPSA) is 30.2 Å². The van der Waals surface area contributed by atoms with Crippen molar-refractivity contribution in [1.29, 1.82) is 0 Å². The van der Waals surface area contributed by atoms with Crippen molar-refractivity contribution in [2.45, 2.75) is 6.43 Å². The first-order valence-corrected chi connectivity index (χ1v) is 4.25. The summed E-state index contributed by atoms with van der Waals surface area (Å²) in [6.45, 7) is 0. The van der Waals surface area contributed by atoms with Crippen molar-refractivity contribution in [3.8, 4) is 0 Å². The maximum atomic E-state index is 12.3. The van der Waals surface area contributed by atoms with E-state index in [9.17, 15) is 8.78 Å². The monoisotopic (exact) mass is 247 g/mol. The third-order valence-electron chi connectivity index (χ3n) is 1.61. The van der Waals surface area contributed by atoms with E-state index in [1.807, 2.05) is 0 Å². The molecule has 2 heterocycles. The van der Waals surface area contributed by atoms with E-state index >= 15 is 0 Å². The van der Waals surface area contributed by atoms with Crippen molar-refractivity contribution < 1.29 is 8.78 Å². The second-order valence-electron chi connectivity index (χ2n) is 2.44. The zero-order valence-corrected chi connectivity index (χ0v) is 7.87. The fourth-order valence-corrected chi connectivity index (χ4v) is 1.57. The van der Waals surface area contributed by atoms with Crippen LogP contribution in [0.3, 0.4) is 0 Å². The number of rotatable bonds is 1. The second kappa shape index (κ2) is 3.02. The summed E-state index contributed by atoms with van der Waals surface area (Å²) < 4.78 is 26.5. The van der Waals surface area contributed by atoms with Crippen LogP contribution in [0.25, 0.3) is 5.65 Å². The molecule has 2 aromatic heterocycles. The van der Waals surface area contributed by atoms with Crippen molar-refractivity contribution in [2.24, 2.45) is 0 Å². The van der Waals surface area contributed by atoms with Crippen LogP contribution in [0, 0.1) is 0 Å². The smallest absolute Gasteiger partial charge is 0.215 e. The molecule has 0 aromatic carbocycles. The number of aromatic nitrogens is 3. The van der Waals surface area contributed by atoms with Gasteiger partial charge in [-0.3, -0.25) is 0 Å². The molecule has 0 atom stereocenters. The van der Waals surface area contributed by atoms with Gasteiger partial charge in [0.2, 0.25) is 0 Å². The number of fused-ring (bicyclic) bond motifs is 1. The summed E-state index contributed by atoms with van der Waals surface area (Å²) in [6.07, 6.45) is -1.17. The van der Waals surface area contributed by atoms with Gasteiger partial charge < -0.3 is 0 Å². The summed E-state index contributed by atoms with van der Waals surface area (Å²) in [7, 11) is 0. The highest BCUT2D eigenvalue weighted by Gasteiger charge is 2.10. The van der Waals surface area contributed by atoms with Gasteiger partial charge in [-0.2, -0.15) is 5.10 Å². The van der Waals surface area contributed by atoms with Crippen molar-refractivity contribution in [2.75, 3.05) is 0 Å². The summed E-state index contributed by atoms with van der Waals surface area (Å²) >= 11 is 3.12. The lowest BCUT2D eigenvalue weighted by Crippen LogP contribution is -1.93. The number of nitrogens with zero attached hydrogens (tertiary/aromatic N) is 3. The van der Waals surface area contributed by atoms with Gasteiger partial charge in [-0.25, -0.2) is 18.3 Å². The van der Waals surface area contributed by atoms with Gasteiger partial charge in [0.25, 0.3) is 6.43 Å². The Morgan fingerprint density at radius 3 is 2.85 bits per heavy atom. The highest BCUT2D eigenvalue weighted by atomic mass is 79.9. The van der Waals surface area contributed by atoms with Crippen molar-refractivity contribution in [3.63, 3.8) is 0 Å². The Kier molecular flexibility index (Phi) is 1.99. The lowest BCUT2D eigenvalue weighted by Gasteiger charge is -2.01. The lowest BCUT2D eigenvalue weighted by atomic mass is 10.3. The average molecular weight is 248 g/mol. The first kappa shape index (κ1) is 8.55. The van der Waals surface area contributed by atoms with Gasteiger partial charge in [0.1, 0.15) is 10.9 Å². The highest BCUT2D eigenvalue weighted by molar-refractivity contribution is 9.10. The van der Waals surface area contributed by atoms with E-state index in [1.165, 1.54) is 23.0 Å². The van der Waals surface area contributed by atoms with Crippen LogP contribution in [-0.2, 0) is 0 Å². The first-order chi connectivity index (χ1) is 6.18. The SMILES string of the molecule is FC(F)c1cc(Br)n2ncnc2c1. The Morgan fingerprint density at radius 2 is 2.15 bits per heavy atom. The molecule has 2 aromatic rings. The van der Waals surface area contributed by atoms with Gasteiger partial charge in [0.15, 0.2) is 5.65 Å². The summed E-state index contributed by atoms with van der Waals surface area (Å²) in [6, 6.07) is 2.63. The molecule has 0 saturated carbocycles. The van der Waals surface area contributed by atoms with Crippen LogP contribution in [0.4, 0.5) is 8.78 Å². The van der Waals surface area contributed by atoms with Crippen molar-refractivity contribution in [3.05, 3.63) is 28.6 Å². The molecule has 0 bridgehead atoms. The maximum absolute atomic E-state index is 12.3. The van der Waals surface area contributed by atoms with Crippen LogP contribution in [0.1, 0.15) is 12.0 Å². The van der Waals surface area contributed by atoms with E-state index < -0.39 is 6.43 Å². The normalized spacial score (nSPS) is 11.4. The largest absolute Gasteiger partial charge is 0.264 e. The van der Waals surface area contributed by atoms with E-state index in [4.69, 9.17) is 0 Å². The van der Waals surface area contributed by atoms with E-state index in [0.29, 0.717) is 10.3 Å². The van der Waals surface area contributed by atoms with E-state index in [0.717, 1.165) is 0 Å². The van der Waals surface area contributed by atoms with Crippen molar-refractivity contribution >= 4 is 21.6 Å². The molecule has 0 unspecified atom stereocenters. The molecular weight excluding hydrogens is 244 g/mol. The first-order valence-electron chi connectivity index (χ1n) is 3.46. The Bertz CT molecular complexity index is 440. The van der Waals surface area contributed by atoms with Gasteiger partial charge in [0, 0.05) is 5.56 Å². The van der Waals surface area contributed by atoms with Crippen LogP contribution in [0.2, 0.25) is 0 Å². The molecule has 0 aliphatic rings. The summed E-state index contributed by atoms with van der Waals surface area (Å²) in [4.78, 5) is 3.81. The molecule has 2 rings (SSSR count). The zero-order chi connectivity index (χ0) is 9.42. The molecule has 3 nitrogen and oxygen atoms in total. The third kappa shape index (κ3) is 1.41. The van der Waals surface area contributed by atoms with E-state index in [2.05, 4.69) is 26.0 Å². The van der Waals surface area contributed by atoms with Gasteiger partial charge >= 0.3 is 0 Å². The molecule has 0 fully saturated rings. The second-order valence-corrected chi connectivity index (χ2v) is 3.25. The van der Waals surface area contributed by atoms with Crippen LogP contribution < -0.4 is 0 Å². The van der Waals surface area contributed by atoms with Gasteiger partial charge in [-0.1, -0.05) is 0 Å². The Labute approximate surface area is 80.5 Å². The zero-order valence-electron chi connectivity index (χ0n) is 6.28. The summed E-state index contributed by atoms with van der Waals surface area (Å²) in [5, 5.41) is 3.83. The number of hydrogen-bond acceptors (Lipinski definition) is 2. The van der Waals surface area contributed by atoms with Crippen LogP contribution in [-0.4, -0.2) is 14.6 Å². The van der Waals surface area contributed by atoms with E-state index in [-0.39, 0.29) is 5.56 Å². The quantitative estimate of drug-likeness (QED) is 0.725. The van der Waals surface area contributed by atoms with Crippen LogP contribution in [0.15, 0.2) is 23.1 Å². The van der Waals surface area contributed by atoms with Gasteiger partial charge in [-0.05, 0) is 28.1 Å². The molecule has 0 aliphatic heterocycles. The van der Waals surface area contributed by atoms with Crippen LogP contribution >= 0.6 is 15.9 Å². The molecular formula is C7H4BrF2N3. The highest BCUT2D eigenvalue weighted by Crippen LogP contribution is 2.23. The molecule has 0 N–H and O–H groups in total. The molecule has 0 spiro atoms. The van der Waals surface area contributed by atoms with Crippen molar-refractivity contribution in [1.82, 2.24) is 14.6 Å². The summed E-state index contributed by atoms with van der Waals surface area (Å²) in [5.74, 6) is 0. The Balaban J connectivity index is 2.70. The molecule has 0 amide bonds. The minimum absolute atomic E-state index is 0.0626. The molecule has 68 valence electrons. The summed E-state index contributed by atoms with van der Waals surface area (Å²) in [5.41, 5.74) is 0.344. The number of alkyl halides is 2. The number of pyridine rings is 1. The fraction of sp³-hybridized carbons (Fsp3) is 0.143. The standard InChI is InChI=1S/C7H4BrF2N3/c8-5-1-4(7(9)10)2-6-11-3-12-13(5)6/h1-3,7H. The predicted octanol–water partition coefficient (Wildman–Crippen LogP) is 2.43. The van der Waals surface area contributed by atoms with Crippen LogP contribution in [0.5, 0.6) is 0 Å². The minimum Gasteiger partial charge on any atom is -0.215 e. The fourth-order valence-electron chi connectivity index (χ4n) is 1.03. The van der Waals surface area contributed by atoms with E-state index in [1.54, 1.807) is 0 Å². The Hall–Kier alpha value is -1.04. The third-order valence-corrected chi connectivity index (χ3v) is 2.17. The minimum atomic E-state index is -2.49. The molecule has 0 radical (unpaired) electrons. The number of hydrogen-bond donors (Lipinski definition) is 0. The van der Waals surface area contributed by atoms with Gasteiger partial charge in [-0.15, -0.1) is 0 Å². The lowest BCUT2D eigenvalue weighted by molar-refractivity contribution is 0.151. The molecule has 6 heteroatoms. The molecule has 13 heavy (non-hydrogen) atoms. The molecule has 0 saturated heterocycles. The predicted molar refractivity (Wildman–Crippen MR) is 45.6 cm³/mol. The Morgan fingerprint density at radius 1 is 1.38 bits per heavy atom. The molecule has 0 aliphatic carbocycles.